The molecule has 2 aliphatic heterocycles. The minimum absolute atomic E-state index is 0.0340. The number of aromatic amines is 1. The van der Waals surface area contributed by atoms with Gasteiger partial charge in [-0.1, -0.05) is 78.4 Å². The Balaban J connectivity index is 1.28. The third-order valence-electron chi connectivity index (χ3n) is 8.23. The van der Waals surface area contributed by atoms with Crippen molar-refractivity contribution >= 4 is 34.4 Å². The number of hydrogen-bond donors (Lipinski definition) is 2. The van der Waals surface area contributed by atoms with E-state index in [0.717, 1.165) is 38.2 Å². The Morgan fingerprint density at radius 3 is 2.45 bits per heavy atom. The van der Waals surface area contributed by atoms with E-state index in [4.69, 9.17) is 0 Å². The number of anilines is 1. The number of nitrogens with one attached hydrogen (secondary N) is 2. The molecule has 2 atom stereocenters. The molecule has 0 radical (unpaired) electrons. The average molecular weight is 559 g/mol. The monoisotopic (exact) mass is 558 g/mol. The molecule has 208 valence electrons. The van der Waals surface area contributed by atoms with E-state index in [2.05, 4.69) is 10.3 Å². The topological polar surface area (TPSA) is 85.5 Å². The fourth-order valence-corrected chi connectivity index (χ4v) is 6.16. The maximum Gasteiger partial charge on any atom is 0.332 e. The summed E-state index contributed by atoms with van der Waals surface area (Å²) in [7, 11) is 0. The van der Waals surface area contributed by atoms with Crippen LogP contribution in [0.25, 0.3) is 10.9 Å². The van der Waals surface area contributed by atoms with Crippen LogP contribution in [0.3, 0.4) is 0 Å². The van der Waals surface area contributed by atoms with Crippen molar-refractivity contribution in [2.24, 2.45) is 0 Å². The first-order valence-corrected chi connectivity index (χ1v) is 13.9. The largest absolute Gasteiger partial charge is 0.356 e. The van der Waals surface area contributed by atoms with E-state index in [1.807, 2.05) is 55.5 Å². The average Bonchev–Trinajstić information content (AvgIpc) is 3.50. The number of hydrogen-bond acceptors (Lipinski definition) is 3. The summed E-state index contributed by atoms with van der Waals surface area (Å²) in [6.45, 7) is 1.97. The molecular weight excluding hydrogens is 531 g/mol. The molecule has 0 spiro atoms. The second kappa shape index (κ2) is 9.99. The number of para-hydroxylation sites is 2. The highest BCUT2D eigenvalue weighted by atomic mass is 19.1. The van der Waals surface area contributed by atoms with Crippen LogP contribution >= 0.6 is 0 Å². The third kappa shape index (κ3) is 4.06. The van der Waals surface area contributed by atoms with Gasteiger partial charge in [0.05, 0.1) is 11.3 Å². The number of halogens is 1. The van der Waals surface area contributed by atoms with Gasteiger partial charge in [-0.3, -0.25) is 14.5 Å². The van der Waals surface area contributed by atoms with Gasteiger partial charge in [0, 0.05) is 35.1 Å². The number of aryl methyl sites for hydroxylation is 1. The predicted octanol–water partition coefficient (Wildman–Crippen LogP) is 6.03. The van der Waals surface area contributed by atoms with Crippen LogP contribution in [0.15, 0.2) is 97.1 Å². The second-order valence-corrected chi connectivity index (χ2v) is 10.8. The number of aromatic nitrogens is 1. The van der Waals surface area contributed by atoms with Crippen molar-refractivity contribution in [2.45, 2.75) is 32.0 Å². The summed E-state index contributed by atoms with van der Waals surface area (Å²) in [5.74, 6) is -1.32. The smallest absolute Gasteiger partial charge is 0.332 e. The van der Waals surface area contributed by atoms with E-state index in [9.17, 15) is 18.8 Å². The predicted molar refractivity (Wildman–Crippen MR) is 158 cm³/mol. The molecule has 5 aromatic rings. The number of H-pyrrole nitrogens is 1. The van der Waals surface area contributed by atoms with Crippen LogP contribution in [0.1, 0.15) is 44.3 Å². The van der Waals surface area contributed by atoms with Gasteiger partial charge in [-0.05, 0) is 42.3 Å². The zero-order valence-corrected chi connectivity index (χ0v) is 22.8. The number of rotatable bonds is 5. The number of imide groups is 1. The Morgan fingerprint density at radius 1 is 0.929 bits per heavy atom. The van der Waals surface area contributed by atoms with Gasteiger partial charge in [0.1, 0.15) is 17.9 Å². The molecule has 0 bridgehead atoms. The second-order valence-electron chi connectivity index (χ2n) is 10.8. The molecule has 7 nitrogen and oxygen atoms in total. The highest BCUT2D eigenvalue weighted by Crippen LogP contribution is 2.45. The molecule has 42 heavy (non-hydrogen) atoms. The normalized spacial score (nSPS) is 17.9. The van der Waals surface area contributed by atoms with Crippen LogP contribution < -0.4 is 10.2 Å². The first-order chi connectivity index (χ1) is 20.4. The standard InChI is InChI=1S/C34H27FN4O3/c1-20-14-16-21(17-15-20)31-30-25(23-9-3-6-12-27(23)37-30)18-29-33(41)39(34(42)38(29)31)28-13-7-4-10-24(28)32(40)36-19-22-8-2-5-11-26(22)35/h2-17,29,31,37H,18-19H2,1H3,(H,36,40)/t29-,31-/m0/s1. The highest BCUT2D eigenvalue weighted by Gasteiger charge is 2.53. The van der Waals surface area contributed by atoms with Crippen LogP contribution in [0.2, 0.25) is 0 Å². The summed E-state index contributed by atoms with van der Waals surface area (Å²) in [5, 5.41) is 3.76. The molecule has 1 aromatic heterocycles. The van der Waals surface area contributed by atoms with Crippen molar-refractivity contribution in [3.63, 3.8) is 0 Å². The van der Waals surface area contributed by atoms with E-state index in [1.165, 1.54) is 6.07 Å². The minimum Gasteiger partial charge on any atom is -0.356 e. The summed E-state index contributed by atoms with van der Waals surface area (Å²) in [4.78, 5) is 48.0. The van der Waals surface area contributed by atoms with Gasteiger partial charge in [0.15, 0.2) is 0 Å². The number of fused-ring (bicyclic) bond motifs is 4. The van der Waals surface area contributed by atoms with E-state index < -0.39 is 29.8 Å². The summed E-state index contributed by atoms with van der Waals surface area (Å²) in [6.07, 6.45) is 0.352. The van der Waals surface area contributed by atoms with Gasteiger partial charge in [-0.2, -0.15) is 0 Å². The van der Waals surface area contributed by atoms with Gasteiger partial charge in [0.25, 0.3) is 11.8 Å². The number of nitrogens with zero attached hydrogens (tertiary/aromatic N) is 2. The van der Waals surface area contributed by atoms with Gasteiger partial charge >= 0.3 is 6.03 Å². The van der Waals surface area contributed by atoms with Crippen molar-refractivity contribution in [2.75, 3.05) is 4.90 Å². The third-order valence-corrected chi connectivity index (χ3v) is 8.23. The molecule has 3 heterocycles. The van der Waals surface area contributed by atoms with Crippen LogP contribution in [-0.4, -0.2) is 33.8 Å². The lowest BCUT2D eigenvalue weighted by Gasteiger charge is -2.36. The van der Waals surface area contributed by atoms with Gasteiger partial charge in [0.2, 0.25) is 0 Å². The number of carbonyl (C=O) groups is 3. The quantitative estimate of drug-likeness (QED) is 0.259. The van der Waals surface area contributed by atoms with Crippen molar-refractivity contribution in [1.82, 2.24) is 15.2 Å². The maximum absolute atomic E-state index is 14.3. The molecule has 4 aromatic carbocycles. The maximum atomic E-state index is 14.3. The summed E-state index contributed by atoms with van der Waals surface area (Å²) >= 11 is 0. The molecule has 2 N–H and O–H groups in total. The molecule has 0 aliphatic carbocycles. The molecule has 0 unspecified atom stereocenters. The van der Waals surface area contributed by atoms with Crippen molar-refractivity contribution in [3.05, 3.63) is 136 Å². The molecular formula is C34H27FN4O3. The number of carbonyl (C=O) groups excluding carboxylic acids is 3. The van der Waals surface area contributed by atoms with Crippen LogP contribution in [0.5, 0.6) is 0 Å². The van der Waals surface area contributed by atoms with Crippen LogP contribution in [0.4, 0.5) is 14.9 Å². The number of urea groups is 1. The van der Waals surface area contributed by atoms with Crippen LogP contribution in [0, 0.1) is 12.7 Å². The van der Waals surface area contributed by atoms with Crippen LogP contribution in [-0.2, 0) is 17.8 Å². The summed E-state index contributed by atoms with van der Waals surface area (Å²) in [6, 6.07) is 26.9. The first kappa shape index (κ1) is 25.7. The van der Waals surface area contributed by atoms with Crippen molar-refractivity contribution < 1.29 is 18.8 Å². The fourth-order valence-electron chi connectivity index (χ4n) is 6.16. The zero-order valence-electron chi connectivity index (χ0n) is 22.8. The fraction of sp³-hybridized carbons (Fsp3) is 0.147. The molecule has 2 aliphatic rings. The van der Waals surface area contributed by atoms with Gasteiger partial charge < -0.3 is 10.3 Å². The van der Waals surface area contributed by atoms with E-state index in [1.54, 1.807) is 47.4 Å². The van der Waals surface area contributed by atoms with Gasteiger partial charge in [-0.15, -0.1) is 0 Å². The summed E-state index contributed by atoms with van der Waals surface area (Å²) in [5.41, 5.74) is 5.51. The Bertz CT molecular complexity index is 1880. The molecule has 1 fully saturated rings. The Kier molecular flexibility index (Phi) is 6.12. The molecule has 0 saturated carbocycles. The lowest BCUT2D eigenvalue weighted by molar-refractivity contribution is -0.120. The number of benzene rings is 4. The Morgan fingerprint density at radius 2 is 1.64 bits per heavy atom. The van der Waals surface area contributed by atoms with Gasteiger partial charge in [-0.25, -0.2) is 14.1 Å². The summed E-state index contributed by atoms with van der Waals surface area (Å²) < 4.78 is 14.2. The first-order valence-electron chi connectivity index (χ1n) is 13.9. The lowest BCUT2D eigenvalue weighted by atomic mass is 9.88. The highest BCUT2D eigenvalue weighted by molar-refractivity contribution is 6.24. The molecule has 1 saturated heterocycles. The molecule has 4 amide bonds. The van der Waals surface area contributed by atoms with E-state index >= 15 is 0 Å². The Labute approximate surface area is 241 Å². The SMILES string of the molecule is Cc1ccc([C@H]2c3[nH]c4ccccc4c3C[C@H]3C(=O)N(c4ccccc4C(=O)NCc4ccccc4F)C(=O)N23)cc1. The minimum atomic E-state index is -0.745. The van der Waals surface area contributed by atoms with E-state index in [-0.39, 0.29) is 23.7 Å². The van der Waals surface area contributed by atoms with Crippen molar-refractivity contribution in [3.8, 4) is 0 Å². The number of amides is 4. The lowest BCUT2D eigenvalue weighted by Crippen LogP contribution is -2.44. The molecule has 7 rings (SSSR count). The zero-order chi connectivity index (χ0) is 29.0. The van der Waals surface area contributed by atoms with E-state index in [0.29, 0.717) is 12.0 Å². The van der Waals surface area contributed by atoms with Crippen molar-refractivity contribution in [1.29, 1.82) is 0 Å². The Hall–Kier alpha value is -5.24. The molecule has 8 heteroatoms.